The molecular formula is C20H21NO4. The van der Waals surface area contributed by atoms with Crippen LogP contribution >= 0.6 is 0 Å². The smallest absolute Gasteiger partial charge is 0.335 e. The lowest BCUT2D eigenvalue weighted by molar-refractivity contribution is 0.0661. The topological polar surface area (TPSA) is 77.8 Å². The highest BCUT2D eigenvalue weighted by Crippen LogP contribution is 2.28. The van der Waals surface area contributed by atoms with E-state index in [9.17, 15) is 14.7 Å². The number of carboxylic acid groups (broad SMARTS) is 1. The Balaban J connectivity index is 1.70. The molecule has 1 aliphatic rings. The first kappa shape index (κ1) is 17.2. The fraction of sp³-hybridized carbons (Fsp3) is 0.300. The normalized spacial score (nSPS) is 18.1. The fourth-order valence-electron chi connectivity index (χ4n) is 3.34. The van der Waals surface area contributed by atoms with Crippen molar-refractivity contribution in [2.45, 2.75) is 31.4 Å². The molecule has 0 saturated carbocycles. The summed E-state index contributed by atoms with van der Waals surface area (Å²) >= 11 is 0. The first-order valence-electron chi connectivity index (χ1n) is 8.43. The molecule has 2 aromatic rings. The third-order valence-corrected chi connectivity index (χ3v) is 4.70. The Kier molecular flexibility index (Phi) is 5.14. The van der Waals surface area contributed by atoms with E-state index >= 15 is 0 Å². The highest BCUT2D eigenvalue weighted by atomic mass is 16.4. The number of nitrogens with zero attached hydrogens (tertiary/aromatic N) is 1. The molecule has 1 heterocycles. The lowest BCUT2D eigenvalue weighted by Crippen LogP contribution is -2.36. The van der Waals surface area contributed by atoms with Crippen molar-refractivity contribution in [1.82, 2.24) is 4.90 Å². The molecule has 3 rings (SSSR count). The van der Waals surface area contributed by atoms with Gasteiger partial charge in [0.15, 0.2) is 0 Å². The highest BCUT2D eigenvalue weighted by molar-refractivity contribution is 5.96. The molecule has 0 aromatic heterocycles. The number of aliphatic hydroxyl groups is 1. The second kappa shape index (κ2) is 7.49. The standard InChI is InChI=1S/C20H21NO4/c22-18(14-5-2-1-3-6-14)13-17-7-4-12-21(17)19(23)15-8-10-16(11-9-15)20(24)25/h1-3,5-6,8-11,17-18,22H,4,7,12-13H2,(H,24,25)/t17-,18-/m1/s1. The summed E-state index contributed by atoms with van der Waals surface area (Å²) in [4.78, 5) is 25.5. The summed E-state index contributed by atoms with van der Waals surface area (Å²) in [5, 5.41) is 19.4. The van der Waals surface area contributed by atoms with E-state index in [-0.39, 0.29) is 17.5 Å². The Bertz CT molecular complexity index is 742. The zero-order chi connectivity index (χ0) is 17.8. The molecule has 5 nitrogen and oxygen atoms in total. The summed E-state index contributed by atoms with van der Waals surface area (Å²) in [6.45, 7) is 0.658. The minimum absolute atomic E-state index is 0.0122. The van der Waals surface area contributed by atoms with E-state index in [1.54, 1.807) is 17.0 Å². The second-order valence-electron chi connectivity index (χ2n) is 6.34. The van der Waals surface area contributed by atoms with Crippen molar-refractivity contribution in [3.8, 4) is 0 Å². The third-order valence-electron chi connectivity index (χ3n) is 4.70. The maximum atomic E-state index is 12.8. The number of benzene rings is 2. The number of carbonyl (C=O) groups excluding carboxylic acids is 1. The molecule has 0 aliphatic carbocycles. The molecule has 1 saturated heterocycles. The molecule has 2 aromatic carbocycles. The van der Waals surface area contributed by atoms with Crippen LogP contribution in [0.15, 0.2) is 54.6 Å². The first-order valence-corrected chi connectivity index (χ1v) is 8.43. The van der Waals surface area contributed by atoms with Gasteiger partial charge < -0.3 is 15.1 Å². The Labute approximate surface area is 146 Å². The van der Waals surface area contributed by atoms with Crippen molar-refractivity contribution >= 4 is 11.9 Å². The summed E-state index contributed by atoms with van der Waals surface area (Å²) in [6.07, 6.45) is 1.67. The molecule has 5 heteroatoms. The van der Waals surface area contributed by atoms with Crippen LogP contribution in [-0.4, -0.2) is 39.6 Å². The maximum Gasteiger partial charge on any atom is 0.335 e. The number of aliphatic hydroxyl groups excluding tert-OH is 1. The van der Waals surface area contributed by atoms with Crippen LogP contribution in [0.25, 0.3) is 0 Å². The summed E-state index contributed by atoms with van der Waals surface area (Å²) in [5.41, 5.74) is 1.49. The van der Waals surface area contributed by atoms with Gasteiger partial charge in [-0.2, -0.15) is 0 Å². The number of carbonyl (C=O) groups is 2. The molecule has 0 spiro atoms. The van der Waals surface area contributed by atoms with Gasteiger partial charge in [-0.15, -0.1) is 0 Å². The quantitative estimate of drug-likeness (QED) is 0.877. The summed E-state index contributed by atoms with van der Waals surface area (Å²) < 4.78 is 0. The van der Waals surface area contributed by atoms with E-state index in [4.69, 9.17) is 5.11 Å². The molecule has 2 atom stereocenters. The van der Waals surface area contributed by atoms with Crippen molar-refractivity contribution in [1.29, 1.82) is 0 Å². The highest BCUT2D eigenvalue weighted by Gasteiger charge is 2.31. The summed E-state index contributed by atoms with van der Waals surface area (Å²) in [6, 6.07) is 15.4. The SMILES string of the molecule is O=C(O)c1ccc(C(=O)N2CCC[C@@H]2C[C@@H](O)c2ccccc2)cc1. The number of hydrogen-bond donors (Lipinski definition) is 2. The van der Waals surface area contributed by atoms with Crippen LogP contribution in [0.1, 0.15) is 51.6 Å². The number of aromatic carboxylic acids is 1. The molecule has 0 unspecified atom stereocenters. The van der Waals surface area contributed by atoms with Gasteiger partial charge in [-0.3, -0.25) is 4.79 Å². The van der Waals surface area contributed by atoms with Crippen LogP contribution in [0.5, 0.6) is 0 Å². The minimum atomic E-state index is -1.01. The van der Waals surface area contributed by atoms with E-state index in [0.29, 0.717) is 18.5 Å². The number of rotatable bonds is 5. The fourth-order valence-corrected chi connectivity index (χ4v) is 3.34. The average molecular weight is 339 g/mol. The van der Waals surface area contributed by atoms with Gasteiger partial charge in [-0.25, -0.2) is 4.79 Å². The lowest BCUT2D eigenvalue weighted by atomic mass is 10.00. The van der Waals surface area contributed by atoms with Crippen LogP contribution in [0.4, 0.5) is 0 Å². The molecule has 1 fully saturated rings. The molecule has 1 aliphatic heterocycles. The van der Waals surface area contributed by atoms with Crippen molar-refractivity contribution in [3.63, 3.8) is 0 Å². The van der Waals surface area contributed by atoms with Crippen LogP contribution in [-0.2, 0) is 0 Å². The van der Waals surface area contributed by atoms with E-state index in [2.05, 4.69) is 0 Å². The average Bonchev–Trinajstić information content (AvgIpc) is 3.10. The van der Waals surface area contributed by atoms with Gasteiger partial charge in [0.1, 0.15) is 0 Å². The summed E-state index contributed by atoms with van der Waals surface area (Å²) in [7, 11) is 0. The van der Waals surface area contributed by atoms with Gasteiger partial charge in [0, 0.05) is 18.2 Å². The predicted octanol–water partition coefficient (Wildman–Crippen LogP) is 3.11. The predicted molar refractivity (Wildman–Crippen MR) is 93.5 cm³/mol. The number of hydrogen-bond acceptors (Lipinski definition) is 3. The minimum Gasteiger partial charge on any atom is -0.478 e. The molecule has 130 valence electrons. The van der Waals surface area contributed by atoms with Gasteiger partial charge in [0.25, 0.3) is 5.91 Å². The Morgan fingerprint density at radius 2 is 1.68 bits per heavy atom. The molecule has 0 radical (unpaired) electrons. The van der Waals surface area contributed by atoms with Gasteiger partial charge in [0.2, 0.25) is 0 Å². The van der Waals surface area contributed by atoms with Crippen LogP contribution in [0.2, 0.25) is 0 Å². The van der Waals surface area contributed by atoms with Crippen molar-refractivity contribution < 1.29 is 19.8 Å². The third kappa shape index (κ3) is 3.88. The molecule has 2 N–H and O–H groups in total. The van der Waals surface area contributed by atoms with E-state index < -0.39 is 12.1 Å². The van der Waals surface area contributed by atoms with E-state index in [1.165, 1.54) is 12.1 Å². The van der Waals surface area contributed by atoms with Gasteiger partial charge in [-0.1, -0.05) is 30.3 Å². The van der Waals surface area contributed by atoms with Gasteiger partial charge in [-0.05, 0) is 49.1 Å². The number of amides is 1. The summed E-state index contributed by atoms with van der Waals surface area (Å²) in [5.74, 6) is -1.12. The van der Waals surface area contributed by atoms with Crippen molar-refractivity contribution in [2.75, 3.05) is 6.54 Å². The van der Waals surface area contributed by atoms with Crippen molar-refractivity contribution in [3.05, 3.63) is 71.3 Å². The molecular weight excluding hydrogens is 318 g/mol. The monoisotopic (exact) mass is 339 g/mol. The van der Waals surface area contributed by atoms with Crippen molar-refractivity contribution in [2.24, 2.45) is 0 Å². The van der Waals surface area contributed by atoms with E-state index in [1.807, 2.05) is 30.3 Å². The van der Waals surface area contributed by atoms with Crippen LogP contribution in [0.3, 0.4) is 0 Å². The molecule has 1 amide bonds. The number of carboxylic acids is 1. The Morgan fingerprint density at radius 1 is 1.04 bits per heavy atom. The first-order chi connectivity index (χ1) is 12.1. The van der Waals surface area contributed by atoms with Crippen LogP contribution in [0, 0.1) is 0 Å². The lowest BCUT2D eigenvalue weighted by Gasteiger charge is -2.27. The molecule has 25 heavy (non-hydrogen) atoms. The Hall–Kier alpha value is -2.66. The van der Waals surface area contributed by atoms with E-state index in [0.717, 1.165) is 18.4 Å². The molecule has 0 bridgehead atoms. The van der Waals surface area contributed by atoms with Gasteiger partial charge in [0.05, 0.1) is 11.7 Å². The second-order valence-corrected chi connectivity index (χ2v) is 6.34. The van der Waals surface area contributed by atoms with Crippen LogP contribution < -0.4 is 0 Å². The van der Waals surface area contributed by atoms with Gasteiger partial charge >= 0.3 is 5.97 Å². The largest absolute Gasteiger partial charge is 0.478 e. The Morgan fingerprint density at radius 3 is 2.32 bits per heavy atom. The maximum absolute atomic E-state index is 12.8. The zero-order valence-electron chi connectivity index (χ0n) is 13.8. The zero-order valence-corrected chi connectivity index (χ0v) is 13.8. The number of likely N-dealkylation sites (tertiary alicyclic amines) is 1.